The zero-order chi connectivity index (χ0) is 16.3. The molecule has 1 N–H and O–H groups in total. The van der Waals surface area contributed by atoms with Crippen molar-refractivity contribution in [2.24, 2.45) is 0 Å². The van der Waals surface area contributed by atoms with Crippen LogP contribution in [-0.2, 0) is 4.79 Å². The number of thioether (sulfide) groups is 1. The highest BCUT2D eigenvalue weighted by Crippen LogP contribution is 2.25. The van der Waals surface area contributed by atoms with Crippen molar-refractivity contribution in [3.63, 3.8) is 0 Å². The number of anilines is 1. The van der Waals surface area contributed by atoms with Gasteiger partial charge >= 0.3 is 0 Å². The molecule has 1 aromatic heterocycles. The largest absolute Gasteiger partial charge is 0.320 e. The summed E-state index contributed by atoms with van der Waals surface area (Å²) in [6.45, 7) is 5.57. The molecule has 0 saturated heterocycles. The fraction of sp³-hybridized carbons (Fsp3) is 0.357. The molecule has 2 rings (SSSR count). The SMILES string of the molecule is CC(C)n1cnnc1S[C@@H](C)C(=O)Nc1c(F)cccc1F. The molecule has 1 heterocycles. The Balaban J connectivity index is 2.08. The van der Waals surface area contributed by atoms with Crippen LogP contribution in [0.4, 0.5) is 14.5 Å². The second-order valence-electron chi connectivity index (χ2n) is 4.96. The first-order valence-corrected chi connectivity index (χ1v) is 7.59. The predicted molar refractivity (Wildman–Crippen MR) is 80.7 cm³/mol. The van der Waals surface area contributed by atoms with Crippen molar-refractivity contribution in [1.82, 2.24) is 14.8 Å². The molecule has 118 valence electrons. The third-order valence-electron chi connectivity index (χ3n) is 2.96. The maximum Gasteiger partial charge on any atom is 0.237 e. The fourth-order valence-electron chi connectivity index (χ4n) is 1.72. The highest BCUT2D eigenvalue weighted by Gasteiger charge is 2.21. The van der Waals surface area contributed by atoms with E-state index in [9.17, 15) is 13.6 Å². The van der Waals surface area contributed by atoms with Crippen molar-refractivity contribution in [3.05, 3.63) is 36.2 Å². The summed E-state index contributed by atoms with van der Waals surface area (Å²) in [6.07, 6.45) is 1.58. The van der Waals surface area contributed by atoms with Crippen LogP contribution < -0.4 is 5.32 Å². The zero-order valence-corrected chi connectivity index (χ0v) is 13.2. The number of benzene rings is 1. The van der Waals surface area contributed by atoms with Gasteiger partial charge in [0.25, 0.3) is 0 Å². The Morgan fingerprint density at radius 2 is 1.91 bits per heavy atom. The highest BCUT2D eigenvalue weighted by molar-refractivity contribution is 8.00. The van der Waals surface area contributed by atoms with Crippen molar-refractivity contribution in [2.45, 2.75) is 37.2 Å². The molecule has 0 aliphatic rings. The van der Waals surface area contributed by atoms with Gasteiger partial charge in [0.15, 0.2) is 5.16 Å². The predicted octanol–water partition coefficient (Wildman–Crippen LogP) is 3.26. The topological polar surface area (TPSA) is 59.8 Å². The summed E-state index contributed by atoms with van der Waals surface area (Å²) in [6, 6.07) is 3.57. The van der Waals surface area contributed by atoms with E-state index in [0.717, 1.165) is 12.1 Å². The van der Waals surface area contributed by atoms with Crippen LogP contribution in [0, 0.1) is 11.6 Å². The van der Waals surface area contributed by atoms with Gasteiger partial charge in [-0.1, -0.05) is 17.8 Å². The molecule has 0 fully saturated rings. The molecule has 0 unspecified atom stereocenters. The van der Waals surface area contributed by atoms with Gasteiger partial charge in [-0.15, -0.1) is 10.2 Å². The van der Waals surface area contributed by atoms with E-state index < -0.39 is 28.5 Å². The lowest BCUT2D eigenvalue weighted by Gasteiger charge is -2.14. The van der Waals surface area contributed by atoms with Crippen LogP contribution in [0.3, 0.4) is 0 Å². The monoisotopic (exact) mass is 326 g/mol. The molecule has 1 amide bonds. The van der Waals surface area contributed by atoms with E-state index in [1.165, 1.54) is 17.8 Å². The van der Waals surface area contributed by atoms with Gasteiger partial charge in [0.05, 0.1) is 5.25 Å². The van der Waals surface area contributed by atoms with Crippen LogP contribution in [0.25, 0.3) is 0 Å². The lowest BCUT2D eigenvalue weighted by molar-refractivity contribution is -0.115. The van der Waals surface area contributed by atoms with Crippen molar-refractivity contribution < 1.29 is 13.6 Å². The Morgan fingerprint density at radius 3 is 2.50 bits per heavy atom. The second kappa shape index (κ2) is 6.87. The molecule has 2 aromatic rings. The molecule has 22 heavy (non-hydrogen) atoms. The summed E-state index contributed by atoms with van der Waals surface area (Å²) in [5.74, 6) is -2.13. The van der Waals surface area contributed by atoms with E-state index in [2.05, 4.69) is 15.5 Å². The third-order valence-corrected chi connectivity index (χ3v) is 4.03. The summed E-state index contributed by atoms with van der Waals surface area (Å²) in [7, 11) is 0. The highest BCUT2D eigenvalue weighted by atomic mass is 32.2. The van der Waals surface area contributed by atoms with Crippen molar-refractivity contribution in [1.29, 1.82) is 0 Å². The minimum absolute atomic E-state index is 0.150. The average Bonchev–Trinajstić information content (AvgIpc) is 2.91. The first kappa shape index (κ1) is 16.4. The average molecular weight is 326 g/mol. The number of aromatic nitrogens is 3. The Labute approximate surface area is 131 Å². The fourth-order valence-corrected chi connectivity index (χ4v) is 2.68. The maximum absolute atomic E-state index is 13.5. The lowest BCUT2D eigenvalue weighted by Crippen LogP contribution is -2.24. The van der Waals surface area contributed by atoms with E-state index in [1.807, 2.05) is 18.4 Å². The zero-order valence-electron chi connectivity index (χ0n) is 12.4. The molecule has 5 nitrogen and oxygen atoms in total. The number of hydrogen-bond donors (Lipinski definition) is 1. The summed E-state index contributed by atoms with van der Waals surface area (Å²) >= 11 is 1.18. The molecule has 0 aliphatic carbocycles. The molecule has 0 bridgehead atoms. The van der Waals surface area contributed by atoms with Crippen LogP contribution in [0.2, 0.25) is 0 Å². The number of para-hydroxylation sites is 1. The van der Waals surface area contributed by atoms with Gasteiger partial charge in [-0.3, -0.25) is 4.79 Å². The van der Waals surface area contributed by atoms with Crippen LogP contribution in [0.15, 0.2) is 29.7 Å². The van der Waals surface area contributed by atoms with Gasteiger partial charge in [-0.2, -0.15) is 0 Å². The van der Waals surface area contributed by atoms with Gasteiger partial charge in [0, 0.05) is 6.04 Å². The summed E-state index contributed by atoms with van der Waals surface area (Å²) < 4.78 is 28.9. The molecule has 8 heteroatoms. The Bertz CT molecular complexity index is 654. The van der Waals surface area contributed by atoms with Crippen LogP contribution in [0.5, 0.6) is 0 Å². The first-order chi connectivity index (χ1) is 10.4. The molecule has 0 saturated carbocycles. The maximum atomic E-state index is 13.5. The minimum Gasteiger partial charge on any atom is -0.320 e. The van der Waals surface area contributed by atoms with Gasteiger partial charge in [0.1, 0.15) is 23.6 Å². The summed E-state index contributed by atoms with van der Waals surface area (Å²) in [5, 5.41) is 10.0. The van der Waals surface area contributed by atoms with E-state index >= 15 is 0 Å². The van der Waals surface area contributed by atoms with Gasteiger partial charge < -0.3 is 9.88 Å². The summed E-state index contributed by atoms with van der Waals surface area (Å²) in [5.41, 5.74) is -0.440. The Hall–Kier alpha value is -1.96. The van der Waals surface area contributed by atoms with E-state index in [4.69, 9.17) is 0 Å². The van der Waals surface area contributed by atoms with Crippen molar-refractivity contribution >= 4 is 23.4 Å². The van der Waals surface area contributed by atoms with Crippen molar-refractivity contribution in [2.75, 3.05) is 5.32 Å². The van der Waals surface area contributed by atoms with Crippen LogP contribution in [0.1, 0.15) is 26.8 Å². The Morgan fingerprint density at radius 1 is 1.27 bits per heavy atom. The second-order valence-corrected chi connectivity index (χ2v) is 6.27. The van der Waals surface area contributed by atoms with E-state index in [-0.39, 0.29) is 6.04 Å². The smallest absolute Gasteiger partial charge is 0.237 e. The molecule has 1 atom stereocenters. The summed E-state index contributed by atoms with van der Waals surface area (Å²) in [4.78, 5) is 12.1. The van der Waals surface area contributed by atoms with Crippen molar-refractivity contribution in [3.8, 4) is 0 Å². The van der Waals surface area contributed by atoms with Gasteiger partial charge in [-0.05, 0) is 32.9 Å². The number of amides is 1. The lowest BCUT2D eigenvalue weighted by atomic mass is 10.3. The molecular weight excluding hydrogens is 310 g/mol. The number of hydrogen-bond acceptors (Lipinski definition) is 4. The molecular formula is C14H16F2N4OS. The standard InChI is InChI=1S/C14H16F2N4OS/c1-8(2)20-7-17-19-14(20)22-9(3)13(21)18-12-10(15)5-4-6-11(12)16/h4-9H,1-3H3,(H,18,21)/t9-/m0/s1. The minimum atomic E-state index is -0.809. The number of carbonyl (C=O) groups excluding carboxylic acids is 1. The first-order valence-electron chi connectivity index (χ1n) is 6.71. The number of carbonyl (C=O) groups is 1. The van der Waals surface area contributed by atoms with Crippen LogP contribution in [-0.4, -0.2) is 25.9 Å². The molecule has 0 aliphatic heterocycles. The molecule has 1 aromatic carbocycles. The molecule has 0 spiro atoms. The van der Waals surface area contributed by atoms with E-state index in [0.29, 0.717) is 5.16 Å². The van der Waals surface area contributed by atoms with E-state index in [1.54, 1.807) is 13.3 Å². The number of nitrogens with one attached hydrogen (secondary N) is 1. The van der Waals surface area contributed by atoms with Gasteiger partial charge in [0.2, 0.25) is 5.91 Å². The van der Waals surface area contributed by atoms with Gasteiger partial charge in [-0.25, -0.2) is 8.78 Å². The normalized spacial score (nSPS) is 12.5. The Kier molecular flexibility index (Phi) is 5.12. The number of halogens is 2. The quantitative estimate of drug-likeness (QED) is 0.857. The number of rotatable bonds is 5. The number of nitrogens with zero attached hydrogens (tertiary/aromatic N) is 3. The molecule has 0 radical (unpaired) electrons. The van der Waals surface area contributed by atoms with Crippen LogP contribution >= 0.6 is 11.8 Å². The third kappa shape index (κ3) is 3.62.